The van der Waals surface area contributed by atoms with E-state index in [1.54, 1.807) is 12.4 Å². The molecule has 1 amide bonds. The maximum atomic E-state index is 13.7. The zero-order chi connectivity index (χ0) is 20.5. The maximum Gasteiger partial charge on any atom is 0.249 e. The van der Waals surface area contributed by atoms with Gasteiger partial charge in [-0.2, -0.15) is 10.2 Å². The van der Waals surface area contributed by atoms with Crippen LogP contribution in [-0.4, -0.2) is 31.9 Å². The van der Waals surface area contributed by atoms with Gasteiger partial charge >= 0.3 is 0 Å². The number of pyridine rings is 1. The molecular formula is C22H19F2N5O. The number of halogens is 2. The van der Waals surface area contributed by atoms with E-state index >= 15 is 0 Å². The number of benzene rings is 1. The van der Waals surface area contributed by atoms with Gasteiger partial charge in [0.15, 0.2) is 0 Å². The van der Waals surface area contributed by atoms with Crippen LogP contribution in [0.5, 0.6) is 0 Å². The van der Waals surface area contributed by atoms with Crippen LogP contribution in [0.1, 0.15) is 37.3 Å². The van der Waals surface area contributed by atoms with Crippen LogP contribution < -0.4 is 0 Å². The first-order valence-corrected chi connectivity index (χ1v) is 10.0. The number of carbonyl (C=O) groups excluding carboxylic acids is 1. The molecule has 3 saturated carbocycles. The number of amides is 1. The molecule has 1 aromatic carbocycles. The molecule has 3 heterocycles. The Kier molecular flexibility index (Phi) is 3.50. The van der Waals surface area contributed by atoms with Gasteiger partial charge in [0.1, 0.15) is 11.6 Å². The molecule has 2 bridgehead atoms. The molecule has 0 N–H and O–H groups in total. The summed E-state index contributed by atoms with van der Waals surface area (Å²) in [6.45, 7) is 0.763. The van der Waals surface area contributed by atoms with E-state index in [1.807, 2.05) is 23.1 Å². The molecule has 7 rings (SSSR count). The largest absolute Gasteiger partial charge is 0.272 e. The highest BCUT2D eigenvalue weighted by molar-refractivity contribution is 5.88. The molecule has 0 saturated heterocycles. The lowest BCUT2D eigenvalue weighted by molar-refractivity contribution is -0.223. The van der Waals surface area contributed by atoms with E-state index in [4.69, 9.17) is 0 Å². The standard InChI is InChI=1S/C22H19F2N5O/c23-16-5-15(6-17(24)7-16)18-2-4-26-29(18)20(30)22-10-21(11-22,12-22)13-28-19-9-25-3-1-14(19)8-27-28/h1,3-9,18H,2,10-13H2. The Morgan fingerprint density at radius 3 is 2.67 bits per heavy atom. The second-order valence-corrected chi connectivity index (χ2v) is 8.95. The highest BCUT2D eigenvalue weighted by atomic mass is 19.1. The van der Waals surface area contributed by atoms with Crippen LogP contribution in [0.4, 0.5) is 8.78 Å². The second kappa shape index (κ2) is 5.93. The van der Waals surface area contributed by atoms with E-state index in [2.05, 4.69) is 15.2 Å². The van der Waals surface area contributed by atoms with Gasteiger partial charge in [-0.05, 0) is 48.4 Å². The molecule has 3 aliphatic carbocycles. The van der Waals surface area contributed by atoms with Gasteiger partial charge in [-0.25, -0.2) is 13.8 Å². The van der Waals surface area contributed by atoms with Crippen molar-refractivity contribution in [2.24, 2.45) is 15.9 Å². The van der Waals surface area contributed by atoms with Crippen LogP contribution in [0.3, 0.4) is 0 Å². The van der Waals surface area contributed by atoms with E-state index in [0.29, 0.717) is 12.0 Å². The number of fused-ring (bicyclic) bond motifs is 1. The summed E-state index contributed by atoms with van der Waals surface area (Å²) in [4.78, 5) is 17.5. The van der Waals surface area contributed by atoms with E-state index in [0.717, 1.165) is 42.8 Å². The Labute approximate surface area is 171 Å². The molecule has 3 aromatic rings. The molecule has 0 spiro atoms. The average Bonchev–Trinajstić information content (AvgIpc) is 3.29. The summed E-state index contributed by atoms with van der Waals surface area (Å²) in [6.07, 6.45) is 9.88. The predicted octanol–water partition coefficient (Wildman–Crippen LogP) is 3.84. The fourth-order valence-corrected chi connectivity index (χ4v) is 5.65. The summed E-state index contributed by atoms with van der Waals surface area (Å²) >= 11 is 0. The summed E-state index contributed by atoms with van der Waals surface area (Å²) in [6, 6.07) is 4.89. The van der Waals surface area contributed by atoms with Gasteiger partial charge in [0.2, 0.25) is 5.91 Å². The number of rotatable bonds is 4. The van der Waals surface area contributed by atoms with Crippen molar-refractivity contribution in [2.45, 2.75) is 38.3 Å². The Bertz CT molecular complexity index is 1180. The summed E-state index contributed by atoms with van der Waals surface area (Å²) < 4.78 is 29.3. The fourth-order valence-electron chi connectivity index (χ4n) is 5.65. The summed E-state index contributed by atoms with van der Waals surface area (Å²) in [5.41, 5.74) is 1.11. The predicted molar refractivity (Wildman–Crippen MR) is 105 cm³/mol. The molecular weight excluding hydrogens is 388 g/mol. The van der Waals surface area contributed by atoms with Gasteiger partial charge < -0.3 is 0 Å². The number of hydrazone groups is 1. The third kappa shape index (κ3) is 2.45. The molecule has 1 unspecified atom stereocenters. The first-order chi connectivity index (χ1) is 14.5. The van der Waals surface area contributed by atoms with Crippen LogP contribution in [-0.2, 0) is 11.3 Å². The van der Waals surface area contributed by atoms with Crippen molar-refractivity contribution in [1.29, 1.82) is 0 Å². The maximum absolute atomic E-state index is 13.7. The van der Waals surface area contributed by atoms with E-state index < -0.39 is 23.1 Å². The highest BCUT2D eigenvalue weighted by Crippen LogP contribution is 2.74. The van der Waals surface area contributed by atoms with E-state index in [9.17, 15) is 13.6 Å². The lowest BCUT2D eigenvalue weighted by atomic mass is 9.34. The van der Waals surface area contributed by atoms with Gasteiger partial charge in [-0.1, -0.05) is 0 Å². The van der Waals surface area contributed by atoms with Gasteiger partial charge in [-0.15, -0.1) is 0 Å². The minimum absolute atomic E-state index is 0.0419. The third-order valence-electron chi connectivity index (χ3n) is 6.83. The molecule has 8 heteroatoms. The topological polar surface area (TPSA) is 63.4 Å². The molecule has 1 aliphatic heterocycles. The average molecular weight is 407 g/mol. The van der Waals surface area contributed by atoms with Crippen LogP contribution >= 0.6 is 0 Å². The lowest BCUT2D eigenvalue weighted by Gasteiger charge is -2.69. The van der Waals surface area contributed by atoms with Crippen molar-refractivity contribution in [1.82, 2.24) is 19.8 Å². The Balaban J connectivity index is 1.18. The molecule has 3 fully saturated rings. The van der Waals surface area contributed by atoms with E-state index in [-0.39, 0.29) is 11.3 Å². The van der Waals surface area contributed by atoms with Crippen LogP contribution in [0, 0.1) is 22.5 Å². The van der Waals surface area contributed by atoms with Crippen molar-refractivity contribution in [3.63, 3.8) is 0 Å². The van der Waals surface area contributed by atoms with Crippen LogP contribution in [0.15, 0.2) is 48.0 Å². The molecule has 2 aromatic heterocycles. The number of hydrogen-bond donors (Lipinski definition) is 0. The zero-order valence-electron chi connectivity index (χ0n) is 16.1. The monoisotopic (exact) mass is 407 g/mol. The number of nitrogens with zero attached hydrogens (tertiary/aromatic N) is 5. The summed E-state index contributed by atoms with van der Waals surface area (Å²) in [5, 5.41) is 11.2. The van der Waals surface area contributed by atoms with Gasteiger partial charge in [0.25, 0.3) is 0 Å². The first kappa shape index (κ1) is 17.7. The smallest absolute Gasteiger partial charge is 0.249 e. The summed E-state index contributed by atoms with van der Waals surface area (Å²) in [5.74, 6) is -1.33. The number of hydrogen-bond acceptors (Lipinski definition) is 4. The quantitative estimate of drug-likeness (QED) is 0.660. The molecule has 152 valence electrons. The minimum atomic E-state index is -0.644. The normalized spacial score (nSPS) is 29.1. The number of aromatic nitrogens is 3. The van der Waals surface area contributed by atoms with Gasteiger partial charge in [0.05, 0.1) is 29.4 Å². The van der Waals surface area contributed by atoms with E-state index in [1.165, 1.54) is 17.1 Å². The minimum Gasteiger partial charge on any atom is -0.272 e. The molecule has 6 nitrogen and oxygen atoms in total. The SMILES string of the molecule is O=C(N1N=CCC1c1cc(F)cc(F)c1)C12CC(Cn3ncc4ccncc43)(C1)C2. The number of carbonyl (C=O) groups is 1. The van der Waals surface area contributed by atoms with Gasteiger partial charge in [0, 0.05) is 36.8 Å². The highest BCUT2D eigenvalue weighted by Gasteiger charge is 2.72. The molecule has 30 heavy (non-hydrogen) atoms. The van der Waals surface area contributed by atoms with Crippen molar-refractivity contribution < 1.29 is 13.6 Å². The fraction of sp³-hybridized carbons (Fsp3) is 0.364. The van der Waals surface area contributed by atoms with Crippen molar-refractivity contribution in [3.8, 4) is 0 Å². The molecule has 0 radical (unpaired) electrons. The molecule has 4 aliphatic rings. The summed E-state index contributed by atoms with van der Waals surface area (Å²) in [7, 11) is 0. The lowest BCUT2D eigenvalue weighted by Crippen LogP contribution is -2.68. The van der Waals surface area contributed by atoms with Crippen LogP contribution in [0.2, 0.25) is 0 Å². The second-order valence-electron chi connectivity index (χ2n) is 8.95. The Hall–Kier alpha value is -3.16. The Morgan fingerprint density at radius 1 is 1.13 bits per heavy atom. The van der Waals surface area contributed by atoms with Crippen molar-refractivity contribution in [2.75, 3.05) is 0 Å². The Morgan fingerprint density at radius 2 is 1.90 bits per heavy atom. The van der Waals surface area contributed by atoms with Gasteiger partial charge in [-0.3, -0.25) is 14.5 Å². The van der Waals surface area contributed by atoms with Crippen LogP contribution in [0.25, 0.3) is 10.9 Å². The molecule has 1 atom stereocenters. The van der Waals surface area contributed by atoms with Crippen molar-refractivity contribution in [3.05, 3.63) is 60.1 Å². The zero-order valence-corrected chi connectivity index (χ0v) is 16.1. The third-order valence-corrected chi connectivity index (χ3v) is 6.83. The van der Waals surface area contributed by atoms with Crippen molar-refractivity contribution >= 4 is 23.0 Å². The first-order valence-electron chi connectivity index (χ1n) is 10.0.